The van der Waals surface area contributed by atoms with Crippen LogP contribution in [0.15, 0.2) is 24.3 Å². The summed E-state index contributed by atoms with van der Waals surface area (Å²) in [5, 5.41) is 6.74. The predicted molar refractivity (Wildman–Crippen MR) is 70.3 cm³/mol. The van der Waals surface area contributed by atoms with Crippen LogP contribution in [0.5, 0.6) is 0 Å². The van der Waals surface area contributed by atoms with Gasteiger partial charge in [0.1, 0.15) is 0 Å². The standard InChI is InChI=1S/C13H17ClN2O/c1-9-6-12(7-9)15-8-13(17)16-11-4-2-10(14)3-5-11/h2-5,9,12,15H,6-8H2,1H3,(H,16,17). The van der Waals surface area contributed by atoms with E-state index in [4.69, 9.17) is 11.6 Å². The molecule has 1 amide bonds. The van der Waals surface area contributed by atoms with Crippen molar-refractivity contribution in [2.24, 2.45) is 5.92 Å². The van der Waals surface area contributed by atoms with Crippen LogP contribution < -0.4 is 10.6 Å². The van der Waals surface area contributed by atoms with Crippen molar-refractivity contribution in [1.82, 2.24) is 5.32 Å². The number of hydrogen-bond acceptors (Lipinski definition) is 2. The second-order valence-electron chi connectivity index (χ2n) is 4.71. The number of hydrogen-bond donors (Lipinski definition) is 2. The van der Waals surface area contributed by atoms with Gasteiger partial charge in [-0.15, -0.1) is 0 Å². The summed E-state index contributed by atoms with van der Waals surface area (Å²) in [7, 11) is 0. The average Bonchev–Trinajstić information content (AvgIpc) is 2.26. The molecule has 0 atom stereocenters. The molecule has 1 aromatic carbocycles. The lowest BCUT2D eigenvalue weighted by Crippen LogP contribution is -2.43. The third kappa shape index (κ3) is 3.72. The minimum absolute atomic E-state index is 0.00752. The second kappa shape index (κ2) is 5.52. The van der Waals surface area contributed by atoms with Crippen LogP contribution in [-0.2, 0) is 4.79 Å². The first kappa shape index (κ1) is 12.4. The van der Waals surface area contributed by atoms with Crippen LogP contribution in [0, 0.1) is 5.92 Å². The van der Waals surface area contributed by atoms with Gasteiger partial charge in [0.15, 0.2) is 0 Å². The molecule has 1 aliphatic carbocycles. The summed E-state index contributed by atoms with van der Waals surface area (Å²) in [5.74, 6) is 0.790. The number of anilines is 1. The van der Waals surface area contributed by atoms with E-state index in [0.717, 1.165) is 11.6 Å². The van der Waals surface area contributed by atoms with Gasteiger partial charge in [0.05, 0.1) is 6.54 Å². The SMILES string of the molecule is CC1CC(NCC(=O)Nc2ccc(Cl)cc2)C1. The maximum absolute atomic E-state index is 11.6. The lowest BCUT2D eigenvalue weighted by Gasteiger charge is -2.33. The monoisotopic (exact) mass is 252 g/mol. The zero-order chi connectivity index (χ0) is 12.3. The minimum atomic E-state index is -0.00752. The first-order valence-corrected chi connectivity index (χ1v) is 6.30. The average molecular weight is 253 g/mol. The molecule has 0 saturated heterocycles. The predicted octanol–water partition coefficient (Wildman–Crippen LogP) is 2.67. The van der Waals surface area contributed by atoms with E-state index in [9.17, 15) is 4.79 Å². The Kier molecular flexibility index (Phi) is 4.02. The summed E-state index contributed by atoms with van der Waals surface area (Å²) in [4.78, 5) is 11.6. The number of carbonyl (C=O) groups is 1. The van der Waals surface area contributed by atoms with Gasteiger partial charge < -0.3 is 10.6 Å². The van der Waals surface area contributed by atoms with E-state index in [0.29, 0.717) is 17.6 Å². The molecular formula is C13H17ClN2O. The Hall–Kier alpha value is -1.06. The summed E-state index contributed by atoms with van der Waals surface area (Å²) in [6.07, 6.45) is 2.35. The molecule has 17 heavy (non-hydrogen) atoms. The van der Waals surface area contributed by atoms with E-state index in [1.54, 1.807) is 24.3 Å². The third-order valence-corrected chi connectivity index (χ3v) is 3.31. The number of carbonyl (C=O) groups excluding carboxylic acids is 1. The highest BCUT2D eigenvalue weighted by atomic mass is 35.5. The van der Waals surface area contributed by atoms with Crippen molar-refractivity contribution >= 4 is 23.2 Å². The highest BCUT2D eigenvalue weighted by Gasteiger charge is 2.24. The molecule has 1 aliphatic rings. The van der Waals surface area contributed by atoms with Crippen molar-refractivity contribution in [3.63, 3.8) is 0 Å². The Morgan fingerprint density at radius 2 is 2.00 bits per heavy atom. The van der Waals surface area contributed by atoms with Crippen molar-refractivity contribution < 1.29 is 4.79 Å². The van der Waals surface area contributed by atoms with E-state index in [1.165, 1.54) is 12.8 Å². The van der Waals surface area contributed by atoms with Crippen LogP contribution >= 0.6 is 11.6 Å². The first-order valence-electron chi connectivity index (χ1n) is 5.92. The van der Waals surface area contributed by atoms with Gasteiger partial charge in [-0.1, -0.05) is 18.5 Å². The highest BCUT2D eigenvalue weighted by Crippen LogP contribution is 2.25. The molecule has 0 unspecified atom stereocenters. The molecule has 2 N–H and O–H groups in total. The summed E-state index contributed by atoms with van der Waals surface area (Å²) < 4.78 is 0. The van der Waals surface area contributed by atoms with Crippen molar-refractivity contribution in [3.8, 4) is 0 Å². The fourth-order valence-electron chi connectivity index (χ4n) is 2.04. The smallest absolute Gasteiger partial charge is 0.238 e. The van der Waals surface area contributed by atoms with Crippen LogP contribution in [-0.4, -0.2) is 18.5 Å². The Morgan fingerprint density at radius 3 is 2.59 bits per heavy atom. The molecule has 1 fully saturated rings. The van der Waals surface area contributed by atoms with E-state index < -0.39 is 0 Å². The summed E-state index contributed by atoms with van der Waals surface area (Å²) in [6.45, 7) is 2.60. The molecule has 92 valence electrons. The maximum atomic E-state index is 11.6. The van der Waals surface area contributed by atoms with Gasteiger partial charge in [-0.25, -0.2) is 0 Å². The van der Waals surface area contributed by atoms with Gasteiger partial charge >= 0.3 is 0 Å². The van der Waals surface area contributed by atoms with E-state index in [1.807, 2.05) is 0 Å². The van der Waals surface area contributed by atoms with Gasteiger partial charge in [0.25, 0.3) is 0 Å². The second-order valence-corrected chi connectivity index (χ2v) is 5.15. The molecule has 0 spiro atoms. The van der Waals surface area contributed by atoms with Gasteiger partial charge in [0, 0.05) is 16.8 Å². The fraction of sp³-hybridized carbons (Fsp3) is 0.462. The molecule has 3 nitrogen and oxygen atoms in total. The van der Waals surface area contributed by atoms with Gasteiger partial charge in [-0.2, -0.15) is 0 Å². The van der Waals surface area contributed by atoms with Crippen molar-refractivity contribution in [1.29, 1.82) is 0 Å². The third-order valence-electron chi connectivity index (χ3n) is 3.05. The fourth-order valence-corrected chi connectivity index (χ4v) is 2.17. The lowest BCUT2D eigenvalue weighted by molar-refractivity contribution is -0.115. The molecule has 0 radical (unpaired) electrons. The Labute approximate surface area is 107 Å². The molecule has 1 saturated carbocycles. The number of benzene rings is 1. The number of nitrogens with one attached hydrogen (secondary N) is 2. The van der Waals surface area contributed by atoms with Gasteiger partial charge in [-0.05, 0) is 43.0 Å². The highest BCUT2D eigenvalue weighted by molar-refractivity contribution is 6.30. The zero-order valence-electron chi connectivity index (χ0n) is 9.87. The molecule has 2 rings (SSSR count). The van der Waals surface area contributed by atoms with Crippen LogP contribution in [0.4, 0.5) is 5.69 Å². The Bertz CT molecular complexity index is 385. The molecule has 1 aromatic rings. The quantitative estimate of drug-likeness (QED) is 0.865. The van der Waals surface area contributed by atoms with Crippen molar-refractivity contribution in [2.75, 3.05) is 11.9 Å². The van der Waals surface area contributed by atoms with Crippen LogP contribution in [0.25, 0.3) is 0 Å². The largest absolute Gasteiger partial charge is 0.325 e. The Balaban J connectivity index is 1.71. The first-order chi connectivity index (χ1) is 8.13. The summed E-state index contributed by atoms with van der Waals surface area (Å²) in [6, 6.07) is 7.63. The molecule has 0 aromatic heterocycles. The van der Waals surface area contributed by atoms with Gasteiger partial charge in [0.2, 0.25) is 5.91 Å². The maximum Gasteiger partial charge on any atom is 0.238 e. The molecular weight excluding hydrogens is 236 g/mol. The summed E-state index contributed by atoms with van der Waals surface area (Å²) in [5.41, 5.74) is 0.781. The molecule has 0 aliphatic heterocycles. The lowest BCUT2D eigenvalue weighted by atomic mass is 9.82. The molecule has 0 heterocycles. The van der Waals surface area contributed by atoms with Gasteiger partial charge in [-0.3, -0.25) is 4.79 Å². The van der Waals surface area contributed by atoms with Crippen LogP contribution in [0.1, 0.15) is 19.8 Å². The topological polar surface area (TPSA) is 41.1 Å². The Morgan fingerprint density at radius 1 is 1.35 bits per heavy atom. The minimum Gasteiger partial charge on any atom is -0.325 e. The van der Waals surface area contributed by atoms with E-state index in [-0.39, 0.29) is 5.91 Å². The molecule has 4 heteroatoms. The number of amides is 1. The van der Waals surface area contributed by atoms with Crippen LogP contribution in [0.2, 0.25) is 5.02 Å². The van der Waals surface area contributed by atoms with Crippen molar-refractivity contribution in [3.05, 3.63) is 29.3 Å². The molecule has 0 bridgehead atoms. The van der Waals surface area contributed by atoms with Crippen molar-refractivity contribution in [2.45, 2.75) is 25.8 Å². The summed E-state index contributed by atoms with van der Waals surface area (Å²) >= 11 is 5.77. The van der Waals surface area contributed by atoms with E-state index >= 15 is 0 Å². The number of rotatable bonds is 4. The number of halogens is 1. The normalized spacial score (nSPS) is 22.9. The van der Waals surface area contributed by atoms with E-state index in [2.05, 4.69) is 17.6 Å². The zero-order valence-corrected chi connectivity index (χ0v) is 10.6. The van der Waals surface area contributed by atoms with Crippen LogP contribution in [0.3, 0.4) is 0 Å².